The maximum absolute atomic E-state index is 12.7. The van der Waals surface area contributed by atoms with Crippen LogP contribution in [-0.2, 0) is 4.79 Å². The van der Waals surface area contributed by atoms with Crippen molar-refractivity contribution in [1.82, 2.24) is 4.98 Å². The van der Waals surface area contributed by atoms with Gasteiger partial charge in [0.05, 0.1) is 0 Å². The summed E-state index contributed by atoms with van der Waals surface area (Å²) in [4.78, 5) is 16.8. The van der Waals surface area contributed by atoms with Gasteiger partial charge in [0.1, 0.15) is 0 Å². The zero-order valence-corrected chi connectivity index (χ0v) is 10.7. The quantitative estimate of drug-likeness (QED) is 0.782. The van der Waals surface area contributed by atoms with Crippen molar-refractivity contribution in [1.29, 1.82) is 0 Å². The van der Waals surface area contributed by atoms with Crippen molar-refractivity contribution in [2.24, 2.45) is 0 Å². The summed E-state index contributed by atoms with van der Waals surface area (Å²) in [6.07, 6.45) is 9.34. The number of allylic oxidation sites excluding steroid dienone is 5. The molecule has 0 saturated heterocycles. The van der Waals surface area contributed by atoms with Crippen LogP contribution < -0.4 is 0 Å². The van der Waals surface area contributed by atoms with Crippen molar-refractivity contribution in [3.8, 4) is 0 Å². The minimum absolute atomic E-state index is 0.0756. The fraction of sp³-hybridized carbons (Fsp3) is 0. The van der Waals surface area contributed by atoms with Crippen LogP contribution in [0.3, 0.4) is 0 Å². The summed E-state index contributed by atoms with van der Waals surface area (Å²) in [5.41, 5.74) is 5.64. The third kappa shape index (κ3) is 1.51. The van der Waals surface area contributed by atoms with E-state index >= 15 is 0 Å². The van der Waals surface area contributed by atoms with Gasteiger partial charge in [-0.2, -0.15) is 0 Å². The number of nitrogens with zero attached hydrogens (tertiary/aromatic N) is 1. The number of hydrogen-bond donors (Lipinski definition) is 0. The zero-order chi connectivity index (χ0) is 13.5. The minimum atomic E-state index is 0.0756. The van der Waals surface area contributed by atoms with Crippen molar-refractivity contribution < 1.29 is 4.79 Å². The van der Waals surface area contributed by atoms with Gasteiger partial charge in [-0.15, -0.1) is 0 Å². The summed E-state index contributed by atoms with van der Waals surface area (Å²) in [5.74, 6) is 0.0756. The summed E-state index contributed by atoms with van der Waals surface area (Å²) >= 11 is 0. The predicted molar refractivity (Wildman–Crippen MR) is 79.6 cm³/mol. The molecular formula is C18H11NO. The van der Waals surface area contributed by atoms with Gasteiger partial charge in [-0.05, 0) is 34.9 Å². The summed E-state index contributed by atoms with van der Waals surface area (Å²) in [6, 6.07) is 11.9. The Morgan fingerprint density at radius 3 is 2.55 bits per heavy atom. The van der Waals surface area contributed by atoms with Crippen LogP contribution in [0.15, 0.2) is 66.5 Å². The van der Waals surface area contributed by atoms with Gasteiger partial charge in [0.15, 0.2) is 5.78 Å². The Morgan fingerprint density at radius 1 is 0.850 bits per heavy atom. The standard InChI is InChI=1S/C18H11NO/c20-18-15(13-5-3-9-19-11-13)7-8-16-14-6-2-1-4-12(14)10-17(16)18/h1-11H. The van der Waals surface area contributed by atoms with Crippen LogP contribution in [0, 0.1) is 0 Å². The molecule has 0 atom stereocenters. The Morgan fingerprint density at radius 2 is 1.70 bits per heavy atom. The third-order valence-corrected chi connectivity index (χ3v) is 3.72. The van der Waals surface area contributed by atoms with E-state index in [0.717, 1.165) is 27.8 Å². The number of aromatic nitrogens is 1. The number of benzene rings is 1. The molecule has 94 valence electrons. The lowest BCUT2D eigenvalue weighted by Crippen LogP contribution is -2.08. The molecule has 1 heterocycles. The van der Waals surface area contributed by atoms with E-state index in [9.17, 15) is 4.79 Å². The maximum Gasteiger partial charge on any atom is 0.194 e. The van der Waals surface area contributed by atoms with Crippen molar-refractivity contribution in [2.45, 2.75) is 0 Å². The molecule has 4 rings (SSSR count). The molecule has 1 aromatic heterocycles. The third-order valence-electron chi connectivity index (χ3n) is 3.72. The van der Waals surface area contributed by atoms with E-state index in [1.807, 2.05) is 48.6 Å². The Kier molecular flexibility index (Phi) is 2.30. The molecule has 2 aliphatic carbocycles. The maximum atomic E-state index is 12.7. The first-order valence-corrected chi connectivity index (χ1v) is 6.53. The van der Waals surface area contributed by atoms with Crippen LogP contribution in [0.5, 0.6) is 0 Å². The number of Topliss-reactive ketones (excluding diaryl/α,β-unsaturated/α-hetero) is 1. The summed E-state index contributed by atoms with van der Waals surface area (Å²) in [6.45, 7) is 0. The molecule has 0 unspecified atom stereocenters. The molecule has 0 N–H and O–H groups in total. The van der Waals surface area contributed by atoms with E-state index in [1.54, 1.807) is 12.4 Å². The lowest BCUT2D eigenvalue weighted by Gasteiger charge is -2.13. The van der Waals surface area contributed by atoms with Crippen molar-refractivity contribution >= 4 is 23.0 Å². The van der Waals surface area contributed by atoms with E-state index in [4.69, 9.17) is 0 Å². The lowest BCUT2D eigenvalue weighted by molar-refractivity contribution is -0.110. The van der Waals surface area contributed by atoms with Crippen LogP contribution in [0.4, 0.5) is 0 Å². The van der Waals surface area contributed by atoms with Gasteiger partial charge in [-0.1, -0.05) is 36.4 Å². The van der Waals surface area contributed by atoms with Crippen molar-refractivity contribution in [2.75, 3.05) is 0 Å². The molecule has 0 radical (unpaired) electrons. The summed E-state index contributed by atoms with van der Waals surface area (Å²) in [5, 5.41) is 0. The van der Waals surface area contributed by atoms with Crippen LogP contribution in [-0.4, -0.2) is 10.8 Å². The Labute approximate surface area is 116 Å². The molecule has 2 heteroatoms. The number of pyridine rings is 1. The first-order valence-electron chi connectivity index (χ1n) is 6.53. The SMILES string of the molecule is O=C1C2=Cc3ccccc3C2=CC=C1c1cccnc1. The molecular weight excluding hydrogens is 246 g/mol. The van der Waals surface area contributed by atoms with Crippen molar-refractivity contribution in [3.05, 3.63) is 83.2 Å². The smallest absolute Gasteiger partial charge is 0.194 e. The van der Waals surface area contributed by atoms with Crippen LogP contribution in [0.25, 0.3) is 17.2 Å². The highest BCUT2D eigenvalue weighted by Crippen LogP contribution is 2.40. The monoisotopic (exact) mass is 257 g/mol. The molecule has 1 aromatic carbocycles. The second-order valence-corrected chi connectivity index (χ2v) is 4.88. The number of hydrogen-bond acceptors (Lipinski definition) is 2. The second kappa shape index (κ2) is 4.14. The molecule has 0 bridgehead atoms. The van der Waals surface area contributed by atoms with Crippen LogP contribution in [0.2, 0.25) is 0 Å². The molecule has 2 nitrogen and oxygen atoms in total. The molecule has 0 amide bonds. The number of fused-ring (bicyclic) bond motifs is 3. The van der Waals surface area contributed by atoms with E-state index in [1.165, 1.54) is 0 Å². The highest BCUT2D eigenvalue weighted by atomic mass is 16.1. The predicted octanol–water partition coefficient (Wildman–Crippen LogP) is 3.53. The van der Waals surface area contributed by atoms with Crippen LogP contribution in [0.1, 0.15) is 16.7 Å². The molecule has 20 heavy (non-hydrogen) atoms. The second-order valence-electron chi connectivity index (χ2n) is 4.88. The van der Waals surface area contributed by atoms with Crippen molar-refractivity contribution in [3.63, 3.8) is 0 Å². The topological polar surface area (TPSA) is 30.0 Å². The summed E-state index contributed by atoms with van der Waals surface area (Å²) < 4.78 is 0. The van der Waals surface area contributed by atoms with E-state index in [-0.39, 0.29) is 5.78 Å². The van der Waals surface area contributed by atoms with Gasteiger partial charge in [0.2, 0.25) is 0 Å². The fourth-order valence-electron chi connectivity index (χ4n) is 2.75. The number of carbonyl (C=O) groups excluding carboxylic acids is 1. The van der Waals surface area contributed by atoms with Gasteiger partial charge in [-0.25, -0.2) is 0 Å². The number of rotatable bonds is 1. The van der Waals surface area contributed by atoms with Gasteiger partial charge in [-0.3, -0.25) is 9.78 Å². The molecule has 0 fully saturated rings. The van der Waals surface area contributed by atoms with Gasteiger partial charge in [0.25, 0.3) is 0 Å². The molecule has 0 spiro atoms. The highest BCUT2D eigenvalue weighted by molar-refractivity contribution is 6.38. The van der Waals surface area contributed by atoms with Gasteiger partial charge < -0.3 is 0 Å². The normalized spacial score (nSPS) is 16.0. The molecule has 2 aromatic rings. The zero-order valence-electron chi connectivity index (χ0n) is 10.7. The molecule has 0 aliphatic heterocycles. The fourth-order valence-corrected chi connectivity index (χ4v) is 2.75. The van der Waals surface area contributed by atoms with Gasteiger partial charge in [0, 0.05) is 29.1 Å². The average molecular weight is 257 g/mol. The number of ketones is 1. The van der Waals surface area contributed by atoms with Gasteiger partial charge >= 0.3 is 0 Å². The first kappa shape index (κ1) is 11.1. The van der Waals surface area contributed by atoms with E-state index in [0.29, 0.717) is 5.57 Å². The highest BCUT2D eigenvalue weighted by Gasteiger charge is 2.28. The Balaban J connectivity index is 1.86. The Hall–Kier alpha value is -2.74. The van der Waals surface area contributed by atoms with E-state index in [2.05, 4.69) is 11.1 Å². The van der Waals surface area contributed by atoms with E-state index < -0.39 is 0 Å². The Bertz CT molecular complexity index is 810. The largest absolute Gasteiger partial charge is 0.289 e. The number of carbonyl (C=O) groups is 1. The average Bonchev–Trinajstić information content (AvgIpc) is 2.88. The van der Waals surface area contributed by atoms with Crippen LogP contribution >= 0.6 is 0 Å². The minimum Gasteiger partial charge on any atom is -0.289 e. The molecule has 0 saturated carbocycles. The first-order chi connectivity index (χ1) is 9.84. The lowest BCUT2D eigenvalue weighted by atomic mass is 9.88. The summed E-state index contributed by atoms with van der Waals surface area (Å²) in [7, 11) is 0. The molecule has 2 aliphatic rings.